The van der Waals surface area contributed by atoms with Crippen molar-refractivity contribution in [2.75, 3.05) is 17.1 Å². The van der Waals surface area contributed by atoms with Gasteiger partial charge in [0.15, 0.2) is 0 Å². The van der Waals surface area contributed by atoms with Gasteiger partial charge in [0.1, 0.15) is 27.0 Å². The molecule has 0 atom stereocenters. The Morgan fingerprint density at radius 3 is 2.33 bits per heavy atom. The number of methoxy groups -OCH3 is 1. The molecule has 0 unspecified atom stereocenters. The van der Waals surface area contributed by atoms with Crippen LogP contribution in [-0.4, -0.2) is 32.2 Å². The third-order valence-corrected chi connectivity index (χ3v) is 9.52. The number of aryl methyl sites for hydroxylation is 2. The third kappa shape index (κ3) is 6.25. The van der Waals surface area contributed by atoms with Crippen molar-refractivity contribution in [2.45, 2.75) is 30.2 Å². The first-order valence-corrected chi connectivity index (χ1v) is 15.8. The van der Waals surface area contributed by atoms with Crippen LogP contribution in [0.15, 0.2) is 108 Å². The smallest absolute Gasteiger partial charge is 0.278 e. The lowest BCUT2D eigenvalue weighted by Crippen LogP contribution is -2.31. The number of furan rings is 1. The van der Waals surface area contributed by atoms with Gasteiger partial charge >= 0.3 is 0 Å². The van der Waals surface area contributed by atoms with Gasteiger partial charge in [-0.15, -0.1) is 0 Å². The molecule has 9 nitrogen and oxygen atoms in total. The molecule has 0 saturated heterocycles. The van der Waals surface area contributed by atoms with Crippen LogP contribution in [0.25, 0.3) is 0 Å². The number of nitrogens with zero attached hydrogens (tertiary/aromatic N) is 1. The highest BCUT2D eigenvalue weighted by molar-refractivity contribution is 9.10. The molecular formula is C30H26BrN3O6S2. The number of hydrogen-bond donors (Lipinski definition) is 2. The van der Waals surface area contributed by atoms with E-state index in [1.165, 1.54) is 19.4 Å². The second kappa shape index (κ2) is 12.1. The molecule has 12 heteroatoms. The number of sulfonamides is 1. The van der Waals surface area contributed by atoms with Crippen molar-refractivity contribution in [1.29, 1.82) is 0 Å². The zero-order chi connectivity index (χ0) is 30.0. The third-order valence-electron chi connectivity index (χ3n) is 6.54. The van der Waals surface area contributed by atoms with Gasteiger partial charge in [-0.05, 0) is 91.7 Å². The monoisotopic (exact) mass is 667 g/mol. The summed E-state index contributed by atoms with van der Waals surface area (Å²) in [7, 11) is -2.56. The molecule has 1 aliphatic heterocycles. The number of thioether (sulfide) groups is 1. The Kier molecular flexibility index (Phi) is 8.48. The Morgan fingerprint density at radius 1 is 0.929 bits per heavy atom. The van der Waals surface area contributed by atoms with Gasteiger partial charge in [0, 0.05) is 20.7 Å². The van der Waals surface area contributed by atoms with Gasteiger partial charge in [0.25, 0.3) is 21.8 Å². The van der Waals surface area contributed by atoms with E-state index in [0.29, 0.717) is 26.5 Å². The highest BCUT2D eigenvalue weighted by Gasteiger charge is 2.39. The summed E-state index contributed by atoms with van der Waals surface area (Å²) in [6.07, 6.45) is 1.49. The Bertz CT molecular complexity index is 1800. The van der Waals surface area contributed by atoms with Gasteiger partial charge in [-0.25, -0.2) is 8.42 Å². The van der Waals surface area contributed by atoms with Gasteiger partial charge in [-0.1, -0.05) is 33.8 Å². The van der Waals surface area contributed by atoms with E-state index in [0.717, 1.165) is 27.8 Å². The molecule has 2 heterocycles. The molecular weight excluding hydrogens is 642 g/mol. The average molecular weight is 669 g/mol. The topological polar surface area (TPSA) is 118 Å². The van der Waals surface area contributed by atoms with Crippen LogP contribution in [0.5, 0.6) is 5.75 Å². The highest BCUT2D eigenvalue weighted by Crippen LogP contribution is 2.37. The van der Waals surface area contributed by atoms with E-state index in [1.807, 2.05) is 32.0 Å². The van der Waals surface area contributed by atoms with Crippen molar-refractivity contribution in [3.05, 3.63) is 111 Å². The summed E-state index contributed by atoms with van der Waals surface area (Å²) >= 11 is 4.41. The van der Waals surface area contributed by atoms with Crippen LogP contribution in [-0.2, 0) is 26.2 Å². The maximum absolute atomic E-state index is 13.5. The number of rotatable bonds is 10. The van der Waals surface area contributed by atoms with E-state index in [9.17, 15) is 18.0 Å². The first-order chi connectivity index (χ1) is 20.1. The summed E-state index contributed by atoms with van der Waals surface area (Å²) in [6, 6.07) is 20.3. The van der Waals surface area contributed by atoms with Gasteiger partial charge in [0.05, 0.1) is 19.9 Å². The van der Waals surface area contributed by atoms with Crippen molar-refractivity contribution in [1.82, 2.24) is 4.90 Å². The first-order valence-electron chi connectivity index (χ1n) is 12.7. The first kappa shape index (κ1) is 29.5. The second-order valence-electron chi connectivity index (χ2n) is 9.43. The molecule has 2 amide bonds. The molecule has 0 bridgehead atoms. The molecule has 4 aromatic rings. The van der Waals surface area contributed by atoms with E-state index >= 15 is 0 Å². The molecule has 1 aliphatic rings. The van der Waals surface area contributed by atoms with Crippen LogP contribution < -0.4 is 14.8 Å². The van der Waals surface area contributed by atoms with Crippen LogP contribution >= 0.6 is 27.7 Å². The Balaban J connectivity index is 1.41. The molecule has 0 radical (unpaired) electrons. The molecule has 0 fully saturated rings. The van der Waals surface area contributed by atoms with Crippen LogP contribution in [0.2, 0.25) is 0 Å². The summed E-state index contributed by atoms with van der Waals surface area (Å²) in [6.45, 7) is 3.96. The van der Waals surface area contributed by atoms with Gasteiger partial charge < -0.3 is 14.5 Å². The summed E-state index contributed by atoms with van der Waals surface area (Å²) in [5, 5.41) is 3.15. The van der Waals surface area contributed by atoms with Crippen LogP contribution in [0.4, 0.5) is 11.4 Å². The summed E-state index contributed by atoms with van der Waals surface area (Å²) in [4.78, 5) is 28.9. The van der Waals surface area contributed by atoms with Crippen molar-refractivity contribution in [2.24, 2.45) is 0 Å². The predicted molar refractivity (Wildman–Crippen MR) is 165 cm³/mol. The van der Waals surface area contributed by atoms with E-state index < -0.39 is 21.8 Å². The fourth-order valence-electron chi connectivity index (χ4n) is 4.20. The van der Waals surface area contributed by atoms with Crippen molar-refractivity contribution in [3.63, 3.8) is 0 Å². The lowest BCUT2D eigenvalue weighted by molar-refractivity contribution is -0.138. The molecule has 0 spiro atoms. The van der Waals surface area contributed by atoms with Crippen LogP contribution in [0.3, 0.4) is 0 Å². The molecule has 0 saturated carbocycles. The largest absolute Gasteiger partial charge is 0.495 e. The van der Waals surface area contributed by atoms with Crippen LogP contribution in [0.1, 0.15) is 16.9 Å². The number of nitrogens with one attached hydrogen (secondary N) is 2. The highest BCUT2D eigenvalue weighted by atomic mass is 79.9. The van der Waals surface area contributed by atoms with Gasteiger partial charge in [0.2, 0.25) is 0 Å². The van der Waals surface area contributed by atoms with E-state index in [1.54, 1.807) is 48.5 Å². The normalized spacial score (nSPS) is 13.6. The molecule has 3 aromatic carbocycles. The van der Waals surface area contributed by atoms with E-state index in [2.05, 4.69) is 26.0 Å². The Morgan fingerprint density at radius 2 is 1.67 bits per heavy atom. The maximum Gasteiger partial charge on any atom is 0.278 e. The number of halogens is 1. The second-order valence-corrected chi connectivity index (χ2v) is 13.1. The molecule has 42 heavy (non-hydrogen) atoms. The zero-order valence-electron chi connectivity index (χ0n) is 22.8. The minimum Gasteiger partial charge on any atom is -0.495 e. The molecule has 5 rings (SSSR count). The number of ether oxygens (including phenoxy) is 1. The number of carbonyl (C=O) groups is 2. The Labute approximate surface area is 256 Å². The average Bonchev–Trinajstić information content (AvgIpc) is 3.55. The Hall–Kier alpha value is -4.00. The summed E-state index contributed by atoms with van der Waals surface area (Å²) < 4.78 is 39.9. The van der Waals surface area contributed by atoms with E-state index in [-0.39, 0.29) is 27.8 Å². The standard InChI is InChI=1S/C30H26BrN3O6S2/c1-18-6-8-22(15-19(18)2)32-27-28(30(36)34(29(27)35)17-23-5-4-14-40-23)41-24-11-9-21(10-12-24)33-42(37,38)26-16-20(31)7-13-25(26)39-3/h4-16,32-33H,17H2,1-3H3. The predicted octanol–water partition coefficient (Wildman–Crippen LogP) is 6.45. The number of amides is 2. The minimum absolute atomic E-state index is 0.00733. The number of hydrogen-bond acceptors (Lipinski definition) is 8. The van der Waals surface area contributed by atoms with Gasteiger partial charge in [-0.2, -0.15) is 0 Å². The van der Waals surface area contributed by atoms with Gasteiger partial charge in [-0.3, -0.25) is 19.2 Å². The van der Waals surface area contributed by atoms with Crippen molar-refractivity contribution < 1.29 is 27.2 Å². The maximum atomic E-state index is 13.5. The fraction of sp³-hybridized carbons (Fsp3) is 0.133. The number of imide groups is 1. The molecule has 216 valence electrons. The number of carbonyl (C=O) groups excluding carboxylic acids is 2. The fourth-order valence-corrected chi connectivity index (χ4v) is 6.92. The molecule has 2 N–H and O–H groups in total. The zero-order valence-corrected chi connectivity index (χ0v) is 26.0. The van der Waals surface area contributed by atoms with E-state index in [4.69, 9.17) is 9.15 Å². The minimum atomic E-state index is -3.96. The van der Waals surface area contributed by atoms with Crippen molar-refractivity contribution in [3.8, 4) is 5.75 Å². The molecule has 0 aliphatic carbocycles. The number of anilines is 2. The lowest BCUT2D eigenvalue weighted by atomic mass is 10.1. The lowest BCUT2D eigenvalue weighted by Gasteiger charge is -2.14. The SMILES string of the molecule is COc1ccc(Br)cc1S(=O)(=O)Nc1ccc(SC2=C(Nc3ccc(C)c(C)c3)C(=O)N(Cc3ccco3)C2=O)cc1. The van der Waals surface area contributed by atoms with Crippen molar-refractivity contribution >= 4 is 60.9 Å². The summed E-state index contributed by atoms with van der Waals surface area (Å²) in [5.41, 5.74) is 3.30. The summed E-state index contributed by atoms with van der Waals surface area (Å²) in [5.74, 6) is -0.243. The van der Waals surface area contributed by atoms with Crippen LogP contribution in [0, 0.1) is 13.8 Å². The quantitative estimate of drug-likeness (QED) is 0.185. The number of benzene rings is 3. The molecule has 1 aromatic heterocycles.